The number of carbonyl (C=O) groups excluding carboxylic acids is 1. The van der Waals surface area contributed by atoms with Gasteiger partial charge in [0.2, 0.25) is 5.91 Å². The van der Waals surface area contributed by atoms with Crippen molar-refractivity contribution in [3.8, 4) is 0 Å². The third-order valence-electron chi connectivity index (χ3n) is 3.22. The Kier molecular flexibility index (Phi) is 14.7. The number of aliphatic hydroxyl groups is 1. The fourth-order valence-electron chi connectivity index (χ4n) is 1.99. The van der Waals surface area contributed by atoms with Gasteiger partial charge in [-0.05, 0) is 6.42 Å². The zero-order valence-electron chi connectivity index (χ0n) is 12.9. The van der Waals surface area contributed by atoms with Crippen LogP contribution < -0.4 is 5.32 Å². The van der Waals surface area contributed by atoms with Crippen molar-refractivity contribution in [2.45, 2.75) is 64.7 Å². The van der Waals surface area contributed by atoms with Crippen LogP contribution in [0.4, 0.5) is 0 Å². The van der Waals surface area contributed by atoms with Crippen LogP contribution in [-0.4, -0.2) is 39.9 Å². The average molecular weight is 305 g/mol. The van der Waals surface area contributed by atoms with Crippen molar-refractivity contribution in [1.29, 1.82) is 0 Å². The number of hydrogen-bond acceptors (Lipinski definition) is 3. The van der Waals surface area contributed by atoms with Crippen molar-refractivity contribution in [1.82, 2.24) is 5.32 Å². The maximum atomic E-state index is 11.7. The highest BCUT2D eigenvalue weighted by Crippen LogP contribution is 2.08. The summed E-state index contributed by atoms with van der Waals surface area (Å²) >= 11 is 0. The van der Waals surface area contributed by atoms with Gasteiger partial charge in [0.25, 0.3) is 0 Å². The molecule has 0 bridgehead atoms. The number of nitrogens with one attached hydrogen (secondary N) is 1. The van der Waals surface area contributed by atoms with Crippen LogP contribution in [0.2, 0.25) is 0 Å². The standard InChI is InChI=1S/C15H31NO3S/c1-2-3-4-5-6-7-8-9-13-20(19)14-10-15(18)16-11-12-17/h17H,2-14H2,1H3,(H,16,18). The van der Waals surface area contributed by atoms with Gasteiger partial charge in [0, 0.05) is 35.3 Å². The zero-order chi connectivity index (χ0) is 15.1. The first kappa shape index (κ1) is 19.6. The zero-order valence-corrected chi connectivity index (χ0v) is 13.7. The third-order valence-corrected chi connectivity index (χ3v) is 4.62. The maximum absolute atomic E-state index is 11.7. The molecule has 2 N–H and O–H groups in total. The first-order valence-electron chi connectivity index (χ1n) is 7.93. The fourth-order valence-corrected chi connectivity index (χ4v) is 3.13. The average Bonchev–Trinajstić information content (AvgIpc) is 2.45. The van der Waals surface area contributed by atoms with Gasteiger partial charge < -0.3 is 10.4 Å². The molecule has 1 amide bonds. The second-order valence-corrected chi connectivity index (χ2v) is 6.84. The summed E-state index contributed by atoms with van der Waals surface area (Å²) in [6.45, 7) is 2.45. The van der Waals surface area contributed by atoms with E-state index >= 15 is 0 Å². The minimum Gasteiger partial charge on any atom is -0.395 e. The summed E-state index contributed by atoms with van der Waals surface area (Å²) < 4.78 is 11.7. The summed E-state index contributed by atoms with van der Waals surface area (Å²) in [7, 11) is -0.880. The second kappa shape index (κ2) is 15.0. The molecule has 0 aromatic carbocycles. The van der Waals surface area contributed by atoms with E-state index in [1.165, 1.54) is 38.5 Å². The van der Waals surface area contributed by atoms with E-state index in [4.69, 9.17) is 5.11 Å². The molecule has 0 spiro atoms. The Labute approximate surface area is 126 Å². The molecule has 1 atom stereocenters. The number of carbonyl (C=O) groups is 1. The summed E-state index contributed by atoms with van der Waals surface area (Å²) in [5.41, 5.74) is 0. The lowest BCUT2D eigenvalue weighted by Gasteiger charge is -2.04. The highest BCUT2D eigenvalue weighted by molar-refractivity contribution is 7.84. The van der Waals surface area contributed by atoms with E-state index in [0.717, 1.165) is 12.8 Å². The van der Waals surface area contributed by atoms with E-state index in [0.29, 0.717) is 17.9 Å². The number of amides is 1. The molecule has 0 aliphatic rings. The minimum absolute atomic E-state index is 0.0485. The van der Waals surface area contributed by atoms with Crippen LogP contribution in [0.1, 0.15) is 64.7 Å². The Morgan fingerprint density at radius 3 is 2.20 bits per heavy atom. The van der Waals surface area contributed by atoms with Crippen LogP contribution in [0.25, 0.3) is 0 Å². The van der Waals surface area contributed by atoms with Gasteiger partial charge in [0.05, 0.1) is 6.61 Å². The quantitative estimate of drug-likeness (QED) is 0.484. The first-order valence-corrected chi connectivity index (χ1v) is 9.42. The van der Waals surface area contributed by atoms with Gasteiger partial charge in [-0.15, -0.1) is 0 Å². The Morgan fingerprint density at radius 2 is 1.60 bits per heavy atom. The van der Waals surface area contributed by atoms with Crippen molar-refractivity contribution in [2.24, 2.45) is 0 Å². The second-order valence-electron chi connectivity index (χ2n) is 5.15. The lowest BCUT2D eigenvalue weighted by Crippen LogP contribution is -2.27. The normalized spacial score (nSPS) is 12.3. The molecule has 1 unspecified atom stereocenters. The van der Waals surface area contributed by atoms with Gasteiger partial charge >= 0.3 is 0 Å². The Balaban J connectivity index is 3.30. The lowest BCUT2D eigenvalue weighted by atomic mass is 10.1. The molecule has 4 nitrogen and oxygen atoms in total. The SMILES string of the molecule is CCCCCCCCCCS(=O)CCC(=O)NCCO. The molecule has 0 aliphatic carbocycles. The highest BCUT2D eigenvalue weighted by atomic mass is 32.2. The predicted octanol–water partition coefficient (Wildman–Crippen LogP) is 2.37. The van der Waals surface area contributed by atoms with E-state index < -0.39 is 10.8 Å². The molecule has 0 heterocycles. The summed E-state index contributed by atoms with van der Waals surface area (Å²) in [6, 6.07) is 0. The van der Waals surface area contributed by atoms with Crippen LogP contribution in [0.3, 0.4) is 0 Å². The van der Waals surface area contributed by atoms with E-state index in [1.807, 2.05) is 0 Å². The molecule has 120 valence electrons. The van der Waals surface area contributed by atoms with Crippen LogP contribution >= 0.6 is 0 Å². The Morgan fingerprint density at radius 1 is 1.00 bits per heavy atom. The van der Waals surface area contributed by atoms with Crippen molar-refractivity contribution in [3.05, 3.63) is 0 Å². The minimum atomic E-state index is -0.880. The molecule has 20 heavy (non-hydrogen) atoms. The molecular formula is C15H31NO3S. The summed E-state index contributed by atoms with van der Waals surface area (Å²) in [4.78, 5) is 11.3. The molecule has 0 aliphatic heterocycles. The van der Waals surface area contributed by atoms with Gasteiger partial charge in [-0.1, -0.05) is 51.9 Å². The first-order chi connectivity index (χ1) is 9.70. The van der Waals surface area contributed by atoms with E-state index in [9.17, 15) is 9.00 Å². The molecular weight excluding hydrogens is 274 g/mol. The molecule has 0 aromatic heterocycles. The Hall–Kier alpha value is -0.420. The third kappa shape index (κ3) is 14.0. The molecule has 0 radical (unpaired) electrons. The topological polar surface area (TPSA) is 66.4 Å². The van der Waals surface area contributed by atoms with E-state index in [-0.39, 0.29) is 19.1 Å². The molecule has 5 heteroatoms. The largest absolute Gasteiger partial charge is 0.395 e. The summed E-state index contributed by atoms with van der Waals surface area (Å²) in [6.07, 6.45) is 10.2. The van der Waals surface area contributed by atoms with Crippen molar-refractivity contribution in [2.75, 3.05) is 24.7 Å². The Bertz CT molecular complexity index is 260. The van der Waals surface area contributed by atoms with E-state index in [1.54, 1.807) is 0 Å². The van der Waals surface area contributed by atoms with Crippen molar-refractivity contribution in [3.63, 3.8) is 0 Å². The number of unbranched alkanes of at least 4 members (excludes halogenated alkanes) is 7. The van der Waals surface area contributed by atoms with Crippen LogP contribution in [-0.2, 0) is 15.6 Å². The molecule has 0 fully saturated rings. The van der Waals surface area contributed by atoms with Gasteiger partial charge in [-0.3, -0.25) is 9.00 Å². The smallest absolute Gasteiger partial charge is 0.221 e. The summed E-state index contributed by atoms with van der Waals surface area (Å²) in [5, 5.41) is 11.1. The monoisotopic (exact) mass is 305 g/mol. The van der Waals surface area contributed by atoms with Crippen LogP contribution in [0.5, 0.6) is 0 Å². The molecule has 0 aromatic rings. The number of aliphatic hydroxyl groups excluding tert-OH is 1. The van der Waals surface area contributed by atoms with Crippen molar-refractivity contribution >= 4 is 16.7 Å². The highest BCUT2D eigenvalue weighted by Gasteiger charge is 2.05. The maximum Gasteiger partial charge on any atom is 0.221 e. The van der Waals surface area contributed by atoms with Gasteiger partial charge in [0.15, 0.2) is 0 Å². The van der Waals surface area contributed by atoms with Crippen molar-refractivity contribution < 1.29 is 14.1 Å². The van der Waals surface area contributed by atoms with Gasteiger partial charge in [-0.25, -0.2) is 0 Å². The number of hydrogen-bond donors (Lipinski definition) is 2. The van der Waals surface area contributed by atoms with Gasteiger partial charge in [-0.2, -0.15) is 0 Å². The number of rotatable bonds is 14. The van der Waals surface area contributed by atoms with Crippen LogP contribution in [0.15, 0.2) is 0 Å². The fraction of sp³-hybridized carbons (Fsp3) is 0.933. The molecule has 0 rings (SSSR count). The summed E-state index contributed by atoms with van der Waals surface area (Å²) in [5.74, 6) is 1.03. The van der Waals surface area contributed by atoms with Crippen LogP contribution in [0, 0.1) is 0 Å². The molecule has 0 saturated carbocycles. The predicted molar refractivity (Wildman–Crippen MR) is 85.2 cm³/mol. The van der Waals surface area contributed by atoms with Gasteiger partial charge in [0.1, 0.15) is 0 Å². The molecule has 0 saturated heterocycles. The van der Waals surface area contributed by atoms with E-state index in [2.05, 4.69) is 12.2 Å². The lowest BCUT2D eigenvalue weighted by molar-refractivity contribution is -0.120.